The van der Waals surface area contributed by atoms with Crippen LogP contribution in [0.25, 0.3) is 0 Å². The molecule has 0 fully saturated rings. The molecule has 8 heteroatoms. The molecule has 2 N–H and O–H groups in total. The first-order valence-corrected chi connectivity index (χ1v) is 10.3. The molecule has 0 aliphatic heterocycles. The van der Waals surface area contributed by atoms with Crippen molar-refractivity contribution in [3.63, 3.8) is 0 Å². The normalized spacial score (nSPS) is 12.8. The van der Waals surface area contributed by atoms with Gasteiger partial charge in [-0.3, -0.25) is 0 Å². The summed E-state index contributed by atoms with van der Waals surface area (Å²) in [6.07, 6.45) is 3.83. The smallest absolute Gasteiger partial charge is 0.245 e. The van der Waals surface area contributed by atoms with Crippen molar-refractivity contribution in [3.8, 4) is 0 Å². The molecule has 0 saturated heterocycles. The van der Waals surface area contributed by atoms with Gasteiger partial charge in [-0.25, -0.2) is 13.1 Å². The number of thioether (sulfide) groups is 1. The standard InChI is InChI=1S/C13H23BrN2O3S2/c1-5-13(6-2,20-4)9-16-21(17,18)11-7-10(8-15-3)19-12(11)14/h7,15-16H,5-6,8-9H2,1-4H3. The van der Waals surface area contributed by atoms with Gasteiger partial charge in [0.05, 0.1) is 6.54 Å². The van der Waals surface area contributed by atoms with Crippen LogP contribution in [-0.2, 0) is 16.6 Å². The molecule has 0 saturated carbocycles. The second-order valence-electron chi connectivity index (χ2n) is 4.80. The van der Waals surface area contributed by atoms with E-state index in [-0.39, 0.29) is 14.3 Å². The van der Waals surface area contributed by atoms with E-state index >= 15 is 0 Å². The Kier molecular flexibility index (Phi) is 7.26. The Morgan fingerprint density at radius 1 is 1.38 bits per heavy atom. The molecule has 0 aliphatic rings. The van der Waals surface area contributed by atoms with Crippen LogP contribution in [0.4, 0.5) is 0 Å². The highest BCUT2D eigenvalue weighted by Gasteiger charge is 2.29. The van der Waals surface area contributed by atoms with Gasteiger partial charge in [-0.1, -0.05) is 13.8 Å². The Morgan fingerprint density at radius 3 is 2.48 bits per heavy atom. The van der Waals surface area contributed by atoms with Crippen LogP contribution >= 0.6 is 27.7 Å². The molecule has 21 heavy (non-hydrogen) atoms. The van der Waals surface area contributed by atoms with Crippen molar-refractivity contribution in [1.29, 1.82) is 0 Å². The Morgan fingerprint density at radius 2 is 2.00 bits per heavy atom. The first-order chi connectivity index (χ1) is 9.84. The highest BCUT2D eigenvalue weighted by molar-refractivity contribution is 9.10. The summed E-state index contributed by atoms with van der Waals surface area (Å²) < 4.78 is 33.1. The van der Waals surface area contributed by atoms with E-state index in [1.54, 1.807) is 24.9 Å². The van der Waals surface area contributed by atoms with Gasteiger partial charge in [-0.2, -0.15) is 11.8 Å². The summed E-state index contributed by atoms with van der Waals surface area (Å²) in [5, 5.41) is 2.93. The minimum absolute atomic E-state index is 0.0723. The Balaban J connectivity index is 2.91. The van der Waals surface area contributed by atoms with Crippen molar-refractivity contribution >= 4 is 37.7 Å². The van der Waals surface area contributed by atoms with Crippen LogP contribution in [0.15, 0.2) is 20.0 Å². The van der Waals surface area contributed by atoms with Crippen molar-refractivity contribution in [2.24, 2.45) is 0 Å². The molecule has 0 bridgehead atoms. The fraction of sp³-hybridized carbons (Fsp3) is 0.692. The second kappa shape index (κ2) is 8.01. The van der Waals surface area contributed by atoms with Gasteiger partial charge in [0.15, 0.2) is 4.67 Å². The third kappa shape index (κ3) is 4.72. The summed E-state index contributed by atoms with van der Waals surface area (Å²) in [5.41, 5.74) is 0. The monoisotopic (exact) mass is 398 g/mol. The molecule has 122 valence electrons. The number of halogens is 1. The predicted molar refractivity (Wildman–Crippen MR) is 91.2 cm³/mol. The van der Waals surface area contributed by atoms with Crippen LogP contribution in [0, 0.1) is 0 Å². The molecule has 0 aromatic carbocycles. The maximum absolute atomic E-state index is 12.4. The average molecular weight is 399 g/mol. The third-order valence-corrected chi connectivity index (χ3v) is 7.50. The van der Waals surface area contributed by atoms with Gasteiger partial charge in [0.1, 0.15) is 10.7 Å². The van der Waals surface area contributed by atoms with Crippen molar-refractivity contribution < 1.29 is 12.8 Å². The van der Waals surface area contributed by atoms with Crippen molar-refractivity contribution in [2.45, 2.75) is 42.9 Å². The summed E-state index contributed by atoms with van der Waals surface area (Å²) in [6, 6.07) is 1.54. The molecule has 1 rings (SSSR count). The molecule has 0 aliphatic carbocycles. The van der Waals surface area contributed by atoms with Gasteiger partial charge in [-0.15, -0.1) is 0 Å². The first-order valence-electron chi connectivity index (χ1n) is 6.81. The molecule has 0 spiro atoms. The molecule has 0 radical (unpaired) electrons. The van der Waals surface area contributed by atoms with E-state index in [1.807, 2.05) is 6.26 Å². The lowest BCUT2D eigenvalue weighted by molar-refractivity contribution is 0.469. The van der Waals surface area contributed by atoms with Gasteiger partial charge < -0.3 is 9.73 Å². The molecule has 0 unspecified atom stereocenters. The van der Waals surface area contributed by atoms with E-state index in [9.17, 15) is 8.42 Å². The fourth-order valence-electron chi connectivity index (χ4n) is 2.01. The lowest BCUT2D eigenvalue weighted by Gasteiger charge is -2.29. The summed E-state index contributed by atoms with van der Waals surface area (Å²) >= 11 is 4.87. The largest absolute Gasteiger partial charge is 0.452 e. The molecule has 0 amide bonds. The first kappa shape index (κ1) is 19.0. The number of nitrogens with one attached hydrogen (secondary N) is 2. The predicted octanol–water partition coefficient (Wildman–Crippen LogP) is 2.96. The topological polar surface area (TPSA) is 71.3 Å². The Hall–Kier alpha value is -0.0200. The zero-order chi connectivity index (χ0) is 16.1. The third-order valence-electron chi connectivity index (χ3n) is 3.65. The number of hydrogen-bond donors (Lipinski definition) is 2. The molecule has 0 atom stereocenters. The lowest BCUT2D eigenvalue weighted by Crippen LogP contribution is -2.39. The van der Waals surface area contributed by atoms with Crippen LogP contribution in [0.1, 0.15) is 32.4 Å². The van der Waals surface area contributed by atoms with Crippen LogP contribution < -0.4 is 10.0 Å². The Labute approximate surface area is 139 Å². The van der Waals surface area contributed by atoms with Crippen molar-refractivity contribution in [1.82, 2.24) is 10.0 Å². The number of furan rings is 1. The van der Waals surface area contributed by atoms with E-state index in [4.69, 9.17) is 4.42 Å². The number of rotatable bonds is 9. The van der Waals surface area contributed by atoms with E-state index in [2.05, 4.69) is 39.8 Å². The maximum Gasteiger partial charge on any atom is 0.245 e. The quantitative estimate of drug-likeness (QED) is 0.668. The van der Waals surface area contributed by atoms with Gasteiger partial charge in [0, 0.05) is 17.4 Å². The highest BCUT2D eigenvalue weighted by Crippen LogP contribution is 2.31. The zero-order valence-electron chi connectivity index (χ0n) is 12.8. The van der Waals surface area contributed by atoms with Crippen molar-refractivity contribution in [3.05, 3.63) is 16.5 Å². The van der Waals surface area contributed by atoms with E-state index in [0.717, 1.165) is 12.8 Å². The van der Waals surface area contributed by atoms with Gasteiger partial charge in [0.25, 0.3) is 0 Å². The van der Waals surface area contributed by atoms with Gasteiger partial charge >= 0.3 is 0 Å². The van der Waals surface area contributed by atoms with Gasteiger partial charge in [0.2, 0.25) is 10.0 Å². The minimum Gasteiger partial charge on any atom is -0.452 e. The molecular formula is C13H23BrN2O3S2. The van der Waals surface area contributed by atoms with Gasteiger partial charge in [-0.05, 0) is 42.1 Å². The van der Waals surface area contributed by atoms with Crippen molar-refractivity contribution in [2.75, 3.05) is 19.8 Å². The van der Waals surface area contributed by atoms with Crippen LogP contribution in [0.2, 0.25) is 0 Å². The average Bonchev–Trinajstić information content (AvgIpc) is 2.83. The summed E-state index contributed by atoms with van der Waals surface area (Å²) in [4.78, 5) is 0.148. The summed E-state index contributed by atoms with van der Waals surface area (Å²) in [7, 11) is -1.81. The minimum atomic E-state index is -3.58. The number of sulfonamides is 1. The summed E-state index contributed by atoms with van der Waals surface area (Å²) in [6.45, 7) is 5.04. The molecular weight excluding hydrogens is 376 g/mol. The zero-order valence-corrected chi connectivity index (χ0v) is 16.0. The van der Waals surface area contributed by atoms with E-state index in [0.29, 0.717) is 18.8 Å². The fourth-order valence-corrected chi connectivity index (χ4v) is 5.02. The maximum atomic E-state index is 12.4. The highest BCUT2D eigenvalue weighted by atomic mass is 79.9. The molecule has 1 heterocycles. The summed E-state index contributed by atoms with van der Waals surface area (Å²) in [5.74, 6) is 0.576. The van der Waals surface area contributed by atoms with Crippen LogP contribution in [0.5, 0.6) is 0 Å². The lowest BCUT2D eigenvalue weighted by atomic mass is 10.0. The Bertz CT molecular complexity index is 545. The molecule has 1 aromatic rings. The van der Waals surface area contributed by atoms with Crippen LogP contribution in [-0.4, -0.2) is 33.0 Å². The van der Waals surface area contributed by atoms with E-state index < -0.39 is 10.0 Å². The SMILES string of the molecule is CCC(CC)(CNS(=O)(=O)c1cc(CNC)oc1Br)SC. The van der Waals surface area contributed by atoms with Crippen LogP contribution in [0.3, 0.4) is 0 Å². The molecule has 1 aromatic heterocycles. The number of hydrogen-bond acceptors (Lipinski definition) is 5. The second-order valence-corrected chi connectivity index (χ2v) is 8.53. The van der Waals surface area contributed by atoms with E-state index in [1.165, 1.54) is 0 Å². The molecule has 5 nitrogen and oxygen atoms in total.